The van der Waals surface area contributed by atoms with Gasteiger partial charge in [0.15, 0.2) is 0 Å². The third-order valence-corrected chi connectivity index (χ3v) is 1.73. The summed E-state index contributed by atoms with van der Waals surface area (Å²) in [6, 6.07) is -1.64. The van der Waals surface area contributed by atoms with E-state index in [1.165, 1.54) is 14.0 Å². The first kappa shape index (κ1) is 14.2. The summed E-state index contributed by atoms with van der Waals surface area (Å²) in [4.78, 5) is 33.9. The van der Waals surface area contributed by atoms with Gasteiger partial charge in [0.25, 0.3) is 0 Å². The van der Waals surface area contributed by atoms with Gasteiger partial charge in [-0.2, -0.15) is 0 Å². The molecule has 16 heavy (non-hydrogen) atoms. The van der Waals surface area contributed by atoms with E-state index < -0.39 is 24.0 Å². The molecule has 7 heteroatoms. The minimum absolute atomic E-state index is 0.216. The number of carboxylic acids is 1. The van der Waals surface area contributed by atoms with Crippen LogP contribution in [0.15, 0.2) is 0 Å². The molecule has 0 fully saturated rings. The maximum atomic E-state index is 11.3. The Kier molecular flexibility index (Phi) is 5.91. The van der Waals surface area contributed by atoms with Crippen molar-refractivity contribution in [2.45, 2.75) is 19.9 Å². The van der Waals surface area contributed by atoms with E-state index in [1.807, 2.05) is 0 Å². The Hall–Kier alpha value is -1.79. The minimum Gasteiger partial charge on any atom is -0.480 e. The highest BCUT2D eigenvalue weighted by atomic mass is 16.5. The number of esters is 1. The lowest BCUT2D eigenvalue weighted by atomic mass is 10.3. The number of carboxylic acid groups (broad SMARTS) is 1. The number of nitrogens with zero attached hydrogens (tertiary/aromatic N) is 1. The maximum Gasteiger partial charge on any atom is 0.325 e. The van der Waals surface area contributed by atoms with Crippen LogP contribution in [0.1, 0.15) is 13.8 Å². The third-order valence-electron chi connectivity index (χ3n) is 1.73. The van der Waals surface area contributed by atoms with Crippen molar-refractivity contribution in [1.29, 1.82) is 0 Å². The largest absolute Gasteiger partial charge is 0.480 e. The number of rotatable bonds is 5. The molecule has 0 aromatic carbocycles. The van der Waals surface area contributed by atoms with Gasteiger partial charge in [-0.3, -0.25) is 9.59 Å². The monoisotopic (exact) mass is 232 g/mol. The van der Waals surface area contributed by atoms with Crippen molar-refractivity contribution in [3.8, 4) is 0 Å². The molecule has 1 atom stereocenters. The molecule has 0 rings (SSSR count). The summed E-state index contributed by atoms with van der Waals surface area (Å²) in [7, 11) is 1.38. The molecule has 92 valence electrons. The van der Waals surface area contributed by atoms with Crippen molar-refractivity contribution >= 4 is 18.0 Å². The summed E-state index contributed by atoms with van der Waals surface area (Å²) in [5, 5.41) is 10.8. The second kappa shape index (κ2) is 6.65. The van der Waals surface area contributed by atoms with Gasteiger partial charge in [-0.15, -0.1) is 0 Å². The number of urea groups is 1. The fraction of sp³-hybridized carbons (Fsp3) is 0.667. The minimum atomic E-state index is -1.14. The van der Waals surface area contributed by atoms with Crippen molar-refractivity contribution in [2.24, 2.45) is 0 Å². The smallest absolute Gasteiger partial charge is 0.325 e. The second-order valence-corrected chi connectivity index (χ2v) is 3.17. The first-order chi connectivity index (χ1) is 7.38. The predicted molar refractivity (Wildman–Crippen MR) is 54.9 cm³/mol. The fourth-order valence-electron chi connectivity index (χ4n) is 0.829. The van der Waals surface area contributed by atoms with Crippen LogP contribution in [0.4, 0.5) is 4.79 Å². The zero-order chi connectivity index (χ0) is 12.7. The normalized spacial score (nSPS) is 11.4. The molecule has 0 aromatic heterocycles. The quantitative estimate of drug-likeness (QED) is 0.632. The number of nitrogens with one attached hydrogen (secondary N) is 1. The summed E-state index contributed by atoms with van der Waals surface area (Å²) >= 11 is 0. The van der Waals surface area contributed by atoms with E-state index in [2.05, 4.69) is 10.1 Å². The Morgan fingerprint density at radius 1 is 1.44 bits per heavy atom. The number of ether oxygens (including phenoxy) is 1. The van der Waals surface area contributed by atoms with Crippen molar-refractivity contribution in [3.63, 3.8) is 0 Å². The van der Waals surface area contributed by atoms with Crippen LogP contribution in [0.5, 0.6) is 0 Å². The van der Waals surface area contributed by atoms with Crippen LogP contribution in [0.3, 0.4) is 0 Å². The lowest BCUT2D eigenvalue weighted by Crippen LogP contribution is -2.46. The predicted octanol–water partition coefficient (Wildman–Crippen LogP) is -0.336. The molecule has 0 saturated heterocycles. The van der Waals surface area contributed by atoms with Gasteiger partial charge in [0, 0.05) is 7.05 Å². The summed E-state index contributed by atoms with van der Waals surface area (Å²) in [6.07, 6.45) is 0. The van der Waals surface area contributed by atoms with Gasteiger partial charge in [0.1, 0.15) is 12.6 Å². The van der Waals surface area contributed by atoms with Crippen LogP contribution in [0.25, 0.3) is 0 Å². The third kappa shape index (κ3) is 5.18. The molecule has 0 radical (unpaired) electrons. The summed E-state index contributed by atoms with van der Waals surface area (Å²) < 4.78 is 4.64. The van der Waals surface area contributed by atoms with Gasteiger partial charge in [-0.25, -0.2) is 4.79 Å². The van der Waals surface area contributed by atoms with Crippen molar-refractivity contribution in [1.82, 2.24) is 10.2 Å². The number of carbonyl (C=O) groups is 3. The average molecular weight is 232 g/mol. The van der Waals surface area contributed by atoms with E-state index in [0.717, 1.165) is 4.90 Å². The highest BCUT2D eigenvalue weighted by Crippen LogP contribution is 1.90. The Balaban J connectivity index is 4.08. The molecule has 2 amide bonds. The Bertz CT molecular complexity index is 279. The molecule has 0 aliphatic carbocycles. The molecule has 0 aromatic rings. The van der Waals surface area contributed by atoms with Gasteiger partial charge in [-0.05, 0) is 13.8 Å². The van der Waals surface area contributed by atoms with Crippen LogP contribution < -0.4 is 5.32 Å². The highest BCUT2D eigenvalue weighted by Gasteiger charge is 2.18. The average Bonchev–Trinajstić information content (AvgIpc) is 2.17. The summed E-state index contributed by atoms with van der Waals surface area (Å²) in [5.74, 6) is -1.68. The zero-order valence-corrected chi connectivity index (χ0v) is 9.52. The molecule has 0 saturated carbocycles. The van der Waals surface area contributed by atoms with Gasteiger partial charge in [-0.1, -0.05) is 0 Å². The molecule has 7 nitrogen and oxygen atoms in total. The Morgan fingerprint density at radius 2 is 2.00 bits per heavy atom. The van der Waals surface area contributed by atoms with E-state index in [9.17, 15) is 14.4 Å². The second-order valence-electron chi connectivity index (χ2n) is 3.17. The van der Waals surface area contributed by atoms with E-state index >= 15 is 0 Å². The van der Waals surface area contributed by atoms with E-state index in [-0.39, 0.29) is 13.2 Å². The molecule has 0 spiro atoms. The van der Waals surface area contributed by atoms with Gasteiger partial charge < -0.3 is 20.1 Å². The van der Waals surface area contributed by atoms with Gasteiger partial charge in [0.2, 0.25) is 0 Å². The van der Waals surface area contributed by atoms with E-state index in [1.54, 1.807) is 6.92 Å². The van der Waals surface area contributed by atoms with Crippen molar-refractivity contribution < 1.29 is 24.2 Å². The molecule has 0 aliphatic heterocycles. The molecular formula is C9H16N2O5. The number of hydrogen-bond donors (Lipinski definition) is 2. The maximum absolute atomic E-state index is 11.3. The van der Waals surface area contributed by atoms with Crippen LogP contribution in [0.2, 0.25) is 0 Å². The zero-order valence-electron chi connectivity index (χ0n) is 9.52. The number of aliphatic carboxylic acids is 1. The standard InChI is InChI=1S/C9H16N2O5/c1-4-16-7(12)5-11(3)9(15)10-6(2)8(13)14/h6H,4-5H2,1-3H3,(H,10,15)(H,13,14)/t6-/m1/s1. The lowest BCUT2D eigenvalue weighted by Gasteiger charge is -2.18. The van der Waals surface area contributed by atoms with Crippen LogP contribution in [-0.4, -0.2) is 54.2 Å². The molecule has 2 N–H and O–H groups in total. The van der Waals surface area contributed by atoms with E-state index in [0.29, 0.717) is 0 Å². The number of hydrogen-bond acceptors (Lipinski definition) is 4. The van der Waals surface area contributed by atoms with Crippen LogP contribution >= 0.6 is 0 Å². The van der Waals surface area contributed by atoms with Gasteiger partial charge >= 0.3 is 18.0 Å². The lowest BCUT2D eigenvalue weighted by molar-refractivity contribution is -0.143. The van der Waals surface area contributed by atoms with Crippen LogP contribution in [-0.2, 0) is 14.3 Å². The molecule has 0 bridgehead atoms. The number of amides is 2. The first-order valence-corrected chi connectivity index (χ1v) is 4.78. The van der Waals surface area contributed by atoms with Crippen molar-refractivity contribution in [2.75, 3.05) is 20.2 Å². The Labute approximate surface area is 93.4 Å². The Morgan fingerprint density at radius 3 is 2.44 bits per heavy atom. The molecule has 0 aliphatic rings. The van der Waals surface area contributed by atoms with Crippen molar-refractivity contribution in [3.05, 3.63) is 0 Å². The summed E-state index contributed by atoms with van der Waals surface area (Å²) in [6.45, 7) is 3.01. The topological polar surface area (TPSA) is 95.9 Å². The van der Waals surface area contributed by atoms with Gasteiger partial charge in [0.05, 0.1) is 6.61 Å². The molecule has 0 unspecified atom stereocenters. The first-order valence-electron chi connectivity index (χ1n) is 4.78. The number of carbonyl (C=O) groups excluding carboxylic acids is 2. The number of likely N-dealkylation sites (N-methyl/N-ethyl adjacent to an activating group) is 1. The summed E-state index contributed by atoms with van der Waals surface area (Å²) in [5.41, 5.74) is 0. The fourth-order valence-corrected chi connectivity index (χ4v) is 0.829. The molecular weight excluding hydrogens is 216 g/mol. The SMILES string of the molecule is CCOC(=O)CN(C)C(=O)N[C@H](C)C(=O)O. The molecule has 0 heterocycles. The highest BCUT2D eigenvalue weighted by molar-refractivity contribution is 5.84. The van der Waals surface area contributed by atoms with E-state index in [4.69, 9.17) is 5.11 Å². The van der Waals surface area contributed by atoms with Crippen LogP contribution in [0, 0.1) is 0 Å².